The summed E-state index contributed by atoms with van der Waals surface area (Å²) in [5.41, 5.74) is 2.17. The number of Topliss-reactive ketones (excluding diaryl/α,β-unsaturated/α-hetero) is 1. The second kappa shape index (κ2) is 12.2. The van der Waals surface area contributed by atoms with E-state index in [2.05, 4.69) is 9.05 Å². The number of ketones is 3. The van der Waals surface area contributed by atoms with E-state index in [9.17, 15) is 39.4 Å². The van der Waals surface area contributed by atoms with Gasteiger partial charge in [-0.1, -0.05) is 12.1 Å². The van der Waals surface area contributed by atoms with Gasteiger partial charge in [-0.05, 0) is 19.9 Å². The number of fused-ring (bicyclic) bond motifs is 3. The number of ether oxygens (including phenoxy) is 3. The molecule has 6 N–H and O–H groups in total. The fourth-order valence-electron chi connectivity index (χ4n) is 5.94. The number of benzene rings is 2. The number of nitrogens with two attached hydrogens (primary N) is 1. The summed E-state index contributed by atoms with van der Waals surface area (Å²) in [7, 11) is -1.76. The van der Waals surface area contributed by atoms with Crippen molar-refractivity contribution >= 4 is 25.2 Å². The van der Waals surface area contributed by atoms with Crippen molar-refractivity contribution in [1.82, 2.24) is 0 Å². The van der Waals surface area contributed by atoms with Crippen molar-refractivity contribution in [2.75, 3.05) is 21.0 Å². The van der Waals surface area contributed by atoms with E-state index in [1.165, 1.54) is 18.2 Å². The summed E-state index contributed by atoms with van der Waals surface area (Å²) in [6.07, 6.45) is -4.96. The van der Waals surface area contributed by atoms with Crippen LogP contribution >= 0.6 is 7.82 Å². The van der Waals surface area contributed by atoms with Crippen LogP contribution in [0.1, 0.15) is 75.8 Å². The summed E-state index contributed by atoms with van der Waals surface area (Å²) in [6, 6.07) is 3.32. The maximum atomic E-state index is 14.0. The van der Waals surface area contributed by atoms with Crippen molar-refractivity contribution in [2.24, 2.45) is 5.73 Å². The molecule has 0 bridgehead atoms. The number of phosphoric acid groups is 1. The number of aliphatic hydroxyl groups is 2. The number of carbonyl (C=O) groups is 3. The molecular weight excluding hydrogens is 617 g/mol. The van der Waals surface area contributed by atoms with E-state index in [0.717, 1.165) is 21.1 Å². The average Bonchev–Trinajstić information content (AvgIpc) is 2.99. The van der Waals surface area contributed by atoms with Crippen LogP contribution in [-0.4, -0.2) is 88.9 Å². The second-order valence-electron chi connectivity index (χ2n) is 11.1. The number of phosphoric ester groups is 1. The number of phenolic OH excluding ortho intramolecular Hbond substituents is 2. The summed E-state index contributed by atoms with van der Waals surface area (Å²) >= 11 is 0. The molecule has 3 aliphatic rings. The van der Waals surface area contributed by atoms with Crippen LogP contribution < -0.4 is 10.5 Å². The minimum Gasteiger partial charge on any atom is -0.507 e. The SMILES string of the molecule is COP(=O)(OC)OCOc1cccc2c1C(=O)c1c(O)c3c(c(O)c1C2=O)C[C@@](O)(C(C)=O)C[C@@H]3OC1CC(N)C(O)C(C)O1. The second-order valence-corrected chi connectivity index (χ2v) is 13.0. The zero-order valence-corrected chi connectivity index (χ0v) is 25.7. The van der Waals surface area contributed by atoms with Crippen molar-refractivity contribution in [3.63, 3.8) is 0 Å². The molecule has 1 fully saturated rings. The lowest BCUT2D eigenvalue weighted by Crippen LogP contribution is -2.52. The first-order chi connectivity index (χ1) is 21.2. The third kappa shape index (κ3) is 5.69. The van der Waals surface area contributed by atoms with Crippen molar-refractivity contribution in [2.45, 2.75) is 69.4 Å². The van der Waals surface area contributed by atoms with Gasteiger partial charge in [0.05, 0.1) is 35.0 Å². The Morgan fingerprint density at radius 1 is 1.11 bits per heavy atom. The summed E-state index contributed by atoms with van der Waals surface area (Å²) in [4.78, 5) is 40.4. The van der Waals surface area contributed by atoms with Gasteiger partial charge < -0.3 is 40.4 Å². The molecule has 2 aromatic carbocycles. The van der Waals surface area contributed by atoms with Crippen molar-refractivity contribution < 1.29 is 67.2 Å². The molecule has 5 rings (SSSR count). The number of hydrogen-bond acceptors (Lipinski definition) is 15. The molecule has 1 heterocycles. The van der Waals surface area contributed by atoms with E-state index in [-0.39, 0.29) is 34.4 Å². The van der Waals surface area contributed by atoms with E-state index in [4.69, 9.17) is 24.5 Å². The van der Waals surface area contributed by atoms with Gasteiger partial charge in [0, 0.05) is 56.2 Å². The average molecular weight is 652 g/mol. The Labute approximate surface area is 257 Å². The lowest BCUT2D eigenvalue weighted by Gasteiger charge is -2.42. The van der Waals surface area contributed by atoms with Gasteiger partial charge in [-0.15, -0.1) is 0 Å². The van der Waals surface area contributed by atoms with Crippen LogP contribution in [0.4, 0.5) is 0 Å². The minimum absolute atomic E-state index is 0.0140. The van der Waals surface area contributed by atoms with E-state index in [1.807, 2.05) is 0 Å². The Morgan fingerprint density at radius 2 is 1.78 bits per heavy atom. The van der Waals surface area contributed by atoms with Crippen LogP contribution in [0.25, 0.3) is 0 Å². The molecule has 15 nitrogen and oxygen atoms in total. The highest BCUT2D eigenvalue weighted by Gasteiger charge is 2.49. The Morgan fingerprint density at radius 3 is 2.40 bits per heavy atom. The molecule has 4 unspecified atom stereocenters. The lowest BCUT2D eigenvalue weighted by molar-refractivity contribution is -0.247. The third-order valence-electron chi connectivity index (χ3n) is 8.45. The predicted molar refractivity (Wildman–Crippen MR) is 152 cm³/mol. The number of rotatable bonds is 9. The molecular formula is C29H34NO14P. The number of carbonyl (C=O) groups excluding carboxylic acids is 3. The van der Waals surface area contributed by atoms with Crippen LogP contribution in [0.3, 0.4) is 0 Å². The van der Waals surface area contributed by atoms with Gasteiger partial charge in [-0.2, -0.15) is 0 Å². The first-order valence-corrected chi connectivity index (χ1v) is 15.4. The van der Waals surface area contributed by atoms with Gasteiger partial charge in [0.2, 0.25) is 5.78 Å². The van der Waals surface area contributed by atoms with Crippen molar-refractivity contribution in [3.8, 4) is 17.2 Å². The van der Waals surface area contributed by atoms with Crippen LogP contribution in [0, 0.1) is 0 Å². The first kappa shape index (κ1) is 33.1. The van der Waals surface area contributed by atoms with Gasteiger partial charge in [-0.3, -0.25) is 23.4 Å². The van der Waals surface area contributed by atoms with Crippen molar-refractivity contribution in [1.29, 1.82) is 0 Å². The highest BCUT2D eigenvalue weighted by atomic mass is 31.2. The summed E-state index contributed by atoms with van der Waals surface area (Å²) in [5.74, 6) is -3.99. The quantitative estimate of drug-likeness (QED) is 0.126. The van der Waals surface area contributed by atoms with E-state index in [0.29, 0.717) is 0 Å². The Hall–Kier alpha value is -3.24. The molecule has 2 aromatic rings. The summed E-state index contributed by atoms with van der Waals surface area (Å²) < 4.78 is 44.0. The monoisotopic (exact) mass is 651 g/mol. The standard InChI is InChI=1S/C29H34NO14P/c1-12-24(32)16(30)8-19(43-12)44-18-10-29(37,13(2)31)9-15-21(18)28(36)23-22(26(15)34)25(33)14-6-5-7-17(20(14)27(23)35)41-11-42-45(38,39-3)40-4/h5-7,12,16,18-19,24,32,34,36-37H,8-11,30H2,1-4H3/t12?,16?,18-,19?,24?,29-/m0/s1. The number of phenols is 2. The maximum Gasteiger partial charge on any atom is 0.477 e. The molecule has 0 aromatic heterocycles. The summed E-state index contributed by atoms with van der Waals surface area (Å²) in [5, 5.41) is 44.6. The zero-order valence-electron chi connectivity index (χ0n) is 24.8. The molecule has 0 saturated carbocycles. The van der Waals surface area contributed by atoms with Crippen LogP contribution in [-0.2, 0) is 38.8 Å². The third-order valence-corrected chi connectivity index (χ3v) is 9.77. The lowest BCUT2D eigenvalue weighted by atomic mass is 9.72. The van der Waals surface area contributed by atoms with Crippen LogP contribution in [0.5, 0.6) is 17.2 Å². The molecule has 0 radical (unpaired) electrons. The maximum absolute atomic E-state index is 14.0. The molecule has 45 heavy (non-hydrogen) atoms. The zero-order chi connectivity index (χ0) is 33.0. The van der Waals surface area contributed by atoms with Gasteiger partial charge >= 0.3 is 7.82 Å². The minimum atomic E-state index is -3.95. The molecule has 2 aliphatic carbocycles. The van der Waals surface area contributed by atoms with Gasteiger partial charge in [0.25, 0.3) is 0 Å². The van der Waals surface area contributed by atoms with E-state index in [1.54, 1.807) is 6.92 Å². The molecule has 0 spiro atoms. The Balaban J connectivity index is 1.59. The number of hydrogen-bond donors (Lipinski definition) is 5. The van der Waals surface area contributed by atoms with Crippen LogP contribution in [0.2, 0.25) is 0 Å². The molecule has 1 saturated heterocycles. The van der Waals surface area contributed by atoms with E-state index >= 15 is 0 Å². The Kier molecular flexibility index (Phi) is 8.96. The van der Waals surface area contributed by atoms with E-state index < -0.39 is 104 Å². The highest BCUT2D eigenvalue weighted by Crippen LogP contribution is 2.53. The molecule has 244 valence electrons. The fraction of sp³-hybridized carbons (Fsp3) is 0.483. The topological polar surface area (TPSA) is 231 Å². The van der Waals surface area contributed by atoms with Gasteiger partial charge in [0.15, 0.2) is 24.6 Å². The van der Waals surface area contributed by atoms with Crippen LogP contribution in [0.15, 0.2) is 18.2 Å². The first-order valence-electron chi connectivity index (χ1n) is 14.0. The van der Waals surface area contributed by atoms with Gasteiger partial charge in [0.1, 0.15) is 22.8 Å². The molecule has 16 heteroatoms. The van der Waals surface area contributed by atoms with Crippen molar-refractivity contribution in [3.05, 3.63) is 51.6 Å². The smallest absolute Gasteiger partial charge is 0.477 e. The summed E-state index contributed by atoms with van der Waals surface area (Å²) in [6.45, 7) is 2.02. The predicted octanol–water partition coefficient (Wildman–Crippen LogP) is 1.77. The molecule has 6 atom stereocenters. The largest absolute Gasteiger partial charge is 0.507 e. The van der Waals surface area contributed by atoms with Gasteiger partial charge in [-0.25, -0.2) is 9.09 Å². The molecule has 0 amide bonds. The highest BCUT2D eigenvalue weighted by molar-refractivity contribution is 7.48. The number of aromatic hydroxyl groups is 2. The number of aliphatic hydroxyl groups excluding tert-OH is 1. The molecule has 1 aliphatic heterocycles. The normalized spacial score (nSPS) is 27.8. The Bertz CT molecular complexity index is 1590. The fourth-order valence-corrected chi connectivity index (χ4v) is 6.49.